The number of carboxylic acid groups (broad SMARTS) is 1. The van der Waals surface area contributed by atoms with Crippen LogP contribution in [0, 0.1) is 10.6 Å². The van der Waals surface area contributed by atoms with Crippen molar-refractivity contribution in [2.24, 2.45) is 0 Å². The summed E-state index contributed by atoms with van der Waals surface area (Å²) in [7, 11) is 0. The van der Waals surface area contributed by atoms with Crippen LogP contribution in [0.25, 0.3) is 21.9 Å². The molecule has 3 heterocycles. The normalized spacial score (nSPS) is 11.4. The number of halogens is 1. The summed E-state index contributed by atoms with van der Waals surface area (Å²) >= 11 is 5.24. The Hall–Kier alpha value is -3.20. The second-order valence-corrected chi connectivity index (χ2v) is 5.94. The van der Waals surface area contributed by atoms with Gasteiger partial charge in [-0.3, -0.25) is 14.3 Å². The van der Waals surface area contributed by atoms with Crippen molar-refractivity contribution in [1.82, 2.24) is 19.1 Å². The highest BCUT2D eigenvalue weighted by atomic mass is 32.1. The fraction of sp³-hybridized carbons (Fsp3) is 0.0625. The van der Waals surface area contributed by atoms with E-state index in [1.807, 2.05) is 0 Å². The first-order valence-corrected chi connectivity index (χ1v) is 7.69. The summed E-state index contributed by atoms with van der Waals surface area (Å²) in [5.74, 6) is -0.464. The van der Waals surface area contributed by atoms with Gasteiger partial charge in [0.05, 0.1) is 17.6 Å². The molecule has 0 amide bonds. The molecule has 3 N–H and O–H groups in total. The van der Waals surface area contributed by atoms with Gasteiger partial charge in [0.25, 0.3) is 5.56 Å². The van der Waals surface area contributed by atoms with E-state index in [4.69, 9.17) is 12.2 Å². The van der Waals surface area contributed by atoms with Crippen LogP contribution in [-0.2, 0) is 6.54 Å². The standard InChI is InChI=1S/C16H11FN4O3S/c17-9-1-2-11-10(5-9)8(7-21(11)16(23)24)6-20-12-3-4-18-13(12)14(22)19-15(20)25/h1-5,7,18H,6H2,(H,23,24)(H,19,22,25). The molecule has 0 radical (unpaired) electrons. The van der Waals surface area contributed by atoms with Crippen molar-refractivity contribution >= 4 is 40.2 Å². The molecule has 0 spiro atoms. The molecular weight excluding hydrogens is 347 g/mol. The van der Waals surface area contributed by atoms with Crippen LogP contribution in [0.2, 0.25) is 0 Å². The molecule has 4 rings (SSSR count). The van der Waals surface area contributed by atoms with Crippen LogP contribution < -0.4 is 5.56 Å². The molecule has 0 atom stereocenters. The van der Waals surface area contributed by atoms with Gasteiger partial charge in [-0.15, -0.1) is 0 Å². The van der Waals surface area contributed by atoms with E-state index >= 15 is 0 Å². The predicted molar refractivity (Wildman–Crippen MR) is 92.2 cm³/mol. The summed E-state index contributed by atoms with van der Waals surface area (Å²) in [6.07, 6.45) is 1.88. The fourth-order valence-corrected chi connectivity index (χ4v) is 3.24. The van der Waals surface area contributed by atoms with Gasteiger partial charge in [-0.25, -0.2) is 9.18 Å². The third-order valence-corrected chi connectivity index (χ3v) is 4.41. The first-order chi connectivity index (χ1) is 12.0. The number of aromatic nitrogens is 4. The van der Waals surface area contributed by atoms with Crippen LogP contribution >= 0.6 is 12.2 Å². The lowest BCUT2D eigenvalue weighted by Gasteiger charge is -2.08. The Morgan fingerprint density at radius 1 is 1.28 bits per heavy atom. The Morgan fingerprint density at radius 3 is 2.84 bits per heavy atom. The number of nitrogens with one attached hydrogen (secondary N) is 2. The highest BCUT2D eigenvalue weighted by Crippen LogP contribution is 2.24. The first kappa shape index (κ1) is 15.3. The number of benzene rings is 1. The highest BCUT2D eigenvalue weighted by Gasteiger charge is 2.15. The average Bonchev–Trinajstić information content (AvgIpc) is 3.16. The lowest BCUT2D eigenvalue weighted by Crippen LogP contribution is -2.14. The summed E-state index contributed by atoms with van der Waals surface area (Å²) < 4.78 is 16.6. The second kappa shape index (κ2) is 5.42. The number of rotatable bonds is 2. The number of fused-ring (bicyclic) bond motifs is 2. The molecule has 9 heteroatoms. The van der Waals surface area contributed by atoms with E-state index in [0.717, 1.165) is 4.57 Å². The van der Waals surface area contributed by atoms with Crippen molar-refractivity contribution < 1.29 is 14.3 Å². The van der Waals surface area contributed by atoms with Gasteiger partial charge in [0.15, 0.2) is 4.77 Å². The molecule has 3 aromatic heterocycles. The van der Waals surface area contributed by atoms with Gasteiger partial charge < -0.3 is 14.7 Å². The van der Waals surface area contributed by atoms with Gasteiger partial charge in [-0.05, 0) is 42.0 Å². The smallest absolute Gasteiger partial charge is 0.416 e. The van der Waals surface area contributed by atoms with E-state index in [2.05, 4.69) is 9.97 Å². The Kier molecular flexibility index (Phi) is 3.32. The Balaban J connectivity index is 1.97. The zero-order valence-electron chi connectivity index (χ0n) is 12.6. The van der Waals surface area contributed by atoms with Gasteiger partial charge in [-0.2, -0.15) is 0 Å². The van der Waals surface area contributed by atoms with Gasteiger partial charge in [0, 0.05) is 17.8 Å². The quantitative estimate of drug-likeness (QED) is 0.480. The van der Waals surface area contributed by atoms with Crippen LogP contribution in [0.15, 0.2) is 41.5 Å². The summed E-state index contributed by atoms with van der Waals surface area (Å²) in [5, 5.41) is 9.82. The topological polar surface area (TPSA) is 95.8 Å². The lowest BCUT2D eigenvalue weighted by molar-refractivity contribution is 0.197. The molecule has 0 saturated carbocycles. The zero-order valence-corrected chi connectivity index (χ0v) is 13.4. The molecule has 7 nitrogen and oxygen atoms in total. The molecule has 0 unspecified atom stereocenters. The van der Waals surface area contributed by atoms with Crippen LogP contribution in [-0.4, -0.2) is 30.3 Å². The van der Waals surface area contributed by atoms with Gasteiger partial charge in [0.1, 0.15) is 11.3 Å². The van der Waals surface area contributed by atoms with Crippen molar-refractivity contribution in [3.63, 3.8) is 0 Å². The number of H-pyrrole nitrogens is 2. The van der Waals surface area contributed by atoms with Crippen molar-refractivity contribution in [3.8, 4) is 0 Å². The Bertz CT molecular complexity index is 1260. The molecule has 0 saturated heterocycles. The van der Waals surface area contributed by atoms with Crippen LogP contribution in [0.3, 0.4) is 0 Å². The molecule has 4 aromatic rings. The molecule has 0 fully saturated rings. The largest absolute Gasteiger partial charge is 0.464 e. The average molecular weight is 358 g/mol. The SMILES string of the molecule is O=C(O)n1cc(Cn2c(=S)[nH]c(=O)c3[nH]ccc32)c2cc(F)ccc21. The van der Waals surface area contributed by atoms with E-state index < -0.39 is 11.9 Å². The van der Waals surface area contributed by atoms with E-state index in [-0.39, 0.29) is 16.9 Å². The number of aromatic amines is 2. The second-order valence-electron chi connectivity index (χ2n) is 5.55. The van der Waals surface area contributed by atoms with Crippen molar-refractivity contribution in [2.45, 2.75) is 6.54 Å². The maximum absolute atomic E-state index is 13.7. The number of hydrogen-bond donors (Lipinski definition) is 3. The highest BCUT2D eigenvalue weighted by molar-refractivity contribution is 7.71. The van der Waals surface area contributed by atoms with E-state index in [0.29, 0.717) is 27.5 Å². The molecule has 25 heavy (non-hydrogen) atoms. The zero-order chi connectivity index (χ0) is 17.7. The van der Waals surface area contributed by atoms with Crippen molar-refractivity contribution in [2.75, 3.05) is 0 Å². The number of nitrogens with zero attached hydrogens (tertiary/aromatic N) is 2. The van der Waals surface area contributed by atoms with E-state index in [1.54, 1.807) is 16.8 Å². The predicted octanol–water partition coefficient (Wildman–Crippen LogP) is 3.06. The number of carbonyl (C=O) groups is 1. The summed E-state index contributed by atoms with van der Waals surface area (Å²) in [5.41, 5.74) is 1.57. The van der Waals surface area contributed by atoms with Gasteiger partial charge in [-0.1, -0.05) is 0 Å². The van der Waals surface area contributed by atoms with Crippen LogP contribution in [0.4, 0.5) is 9.18 Å². The minimum Gasteiger partial charge on any atom is -0.464 e. The molecule has 0 aliphatic rings. The third kappa shape index (κ3) is 2.36. The number of hydrogen-bond acceptors (Lipinski definition) is 3. The fourth-order valence-electron chi connectivity index (χ4n) is 2.99. The Morgan fingerprint density at radius 2 is 2.08 bits per heavy atom. The van der Waals surface area contributed by atoms with E-state index in [9.17, 15) is 19.1 Å². The third-order valence-electron chi connectivity index (χ3n) is 4.09. The lowest BCUT2D eigenvalue weighted by atomic mass is 10.1. The molecule has 0 aliphatic carbocycles. The van der Waals surface area contributed by atoms with Crippen molar-refractivity contribution in [3.05, 3.63) is 63.2 Å². The van der Waals surface area contributed by atoms with Crippen LogP contribution in [0.1, 0.15) is 5.56 Å². The summed E-state index contributed by atoms with van der Waals surface area (Å²) in [4.78, 5) is 28.8. The summed E-state index contributed by atoms with van der Waals surface area (Å²) in [6.45, 7) is 0.185. The Labute approximate surface area is 144 Å². The van der Waals surface area contributed by atoms with E-state index in [1.165, 1.54) is 24.4 Å². The minimum atomic E-state index is -1.17. The van der Waals surface area contributed by atoms with Crippen molar-refractivity contribution in [1.29, 1.82) is 0 Å². The minimum absolute atomic E-state index is 0.185. The maximum Gasteiger partial charge on any atom is 0.416 e. The first-order valence-electron chi connectivity index (χ1n) is 7.28. The molecular formula is C16H11FN4O3S. The molecule has 126 valence electrons. The molecule has 0 bridgehead atoms. The van der Waals surface area contributed by atoms with Crippen LogP contribution in [0.5, 0.6) is 0 Å². The van der Waals surface area contributed by atoms with Gasteiger partial charge >= 0.3 is 6.09 Å². The summed E-state index contributed by atoms with van der Waals surface area (Å²) in [6, 6.07) is 5.62. The molecule has 1 aromatic carbocycles. The van der Waals surface area contributed by atoms with Gasteiger partial charge in [0.2, 0.25) is 0 Å². The monoisotopic (exact) mass is 358 g/mol. The molecule has 0 aliphatic heterocycles. The maximum atomic E-state index is 13.7.